The molecule has 1 aromatic carbocycles. The molecule has 0 aliphatic heterocycles. The molecule has 0 aliphatic rings. The van der Waals surface area contributed by atoms with E-state index in [1.807, 2.05) is 24.3 Å². The van der Waals surface area contributed by atoms with Gasteiger partial charge in [0.25, 0.3) is 0 Å². The zero-order valence-corrected chi connectivity index (χ0v) is 17.0. The van der Waals surface area contributed by atoms with Crippen LogP contribution in [0, 0.1) is 0 Å². The topological polar surface area (TPSA) is 65.7 Å². The van der Waals surface area contributed by atoms with Crippen LogP contribution >= 0.6 is 23.1 Å². The number of aromatic nitrogens is 5. The largest absolute Gasteiger partial charge is 0.496 e. The minimum Gasteiger partial charge on any atom is -0.496 e. The Bertz CT molecular complexity index is 1090. The third-order valence-corrected chi connectivity index (χ3v) is 6.45. The lowest BCUT2D eigenvalue weighted by Crippen LogP contribution is -2.01. The van der Waals surface area contributed by atoms with Gasteiger partial charge in [0.2, 0.25) is 0 Å². The van der Waals surface area contributed by atoms with Crippen LogP contribution in [-0.2, 0) is 13.0 Å². The summed E-state index contributed by atoms with van der Waals surface area (Å²) >= 11 is 3.24. The van der Waals surface area contributed by atoms with Crippen molar-refractivity contribution >= 4 is 33.3 Å². The van der Waals surface area contributed by atoms with Gasteiger partial charge in [-0.2, -0.15) is 0 Å². The zero-order valence-electron chi connectivity index (χ0n) is 15.3. The fourth-order valence-electron chi connectivity index (χ4n) is 2.90. The third-order valence-electron chi connectivity index (χ3n) is 4.26. The van der Waals surface area contributed by atoms with E-state index in [0.717, 1.165) is 50.5 Å². The van der Waals surface area contributed by atoms with Crippen LogP contribution in [-0.4, -0.2) is 31.8 Å². The molecule has 0 fully saturated rings. The van der Waals surface area contributed by atoms with Crippen LogP contribution in [0.1, 0.15) is 18.7 Å². The number of hydrogen-bond donors (Lipinski definition) is 0. The van der Waals surface area contributed by atoms with Crippen molar-refractivity contribution in [1.29, 1.82) is 0 Å². The van der Waals surface area contributed by atoms with Crippen LogP contribution in [0.25, 0.3) is 21.6 Å². The highest BCUT2D eigenvalue weighted by molar-refractivity contribution is 7.99. The van der Waals surface area contributed by atoms with Gasteiger partial charge in [0, 0.05) is 16.8 Å². The maximum Gasteiger partial charge on any atom is 0.197 e. The van der Waals surface area contributed by atoms with Gasteiger partial charge in [-0.1, -0.05) is 19.1 Å². The first-order valence-corrected chi connectivity index (χ1v) is 10.4. The summed E-state index contributed by atoms with van der Waals surface area (Å²) in [5, 5.41) is 11.7. The number of rotatable bonds is 6. The number of fused-ring (bicyclic) bond motifs is 1. The Morgan fingerprint density at radius 1 is 1.15 bits per heavy atom. The van der Waals surface area contributed by atoms with E-state index < -0.39 is 0 Å². The lowest BCUT2D eigenvalue weighted by atomic mass is 10.2. The summed E-state index contributed by atoms with van der Waals surface area (Å²) in [5.74, 6) is 1.58. The molecule has 0 amide bonds. The van der Waals surface area contributed by atoms with E-state index >= 15 is 0 Å². The summed E-state index contributed by atoms with van der Waals surface area (Å²) in [6.07, 6.45) is 2.61. The van der Waals surface area contributed by atoms with Crippen molar-refractivity contribution in [2.45, 2.75) is 37.0 Å². The summed E-state index contributed by atoms with van der Waals surface area (Å²) in [6.45, 7) is 4.99. The van der Waals surface area contributed by atoms with Gasteiger partial charge < -0.3 is 9.30 Å². The zero-order chi connectivity index (χ0) is 18.8. The maximum absolute atomic E-state index is 5.49. The first-order chi connectivity index (χ1) is 13.2. The summed E-state index contributed by atoms with van der Waals surface area (Å²) in [7, 11) is 1.67. The number of para-hydroxylation sites is 1. The lowest BCUT2D eigenvalue weighted by Gasteiger charge is -2.10. The molecule has 3 heterocycles. The molecule has 4 rings (SSSR count). The van der Waals surface area contributed by atoms with Gasteiger partial charge in [-0.05, 0) is 43.3 Å². The van der Waals surface area contributed by atoms with Crippen molar-refractivity contribution in [2.24, 2.45) is 0 Å². The monoisotopic (exact) mass is 397 g/mol. The molecule has 3 aromatic heterocycles. The number of thiophene rings is 1. The molecule has 27 heavy (non-hydrogen) atoms. The van der Waals surface area contributed by atoms with Crippen molar-refractivity contribution < 1.29 is 4.74 Å². The summed E-state index contributed by atoms with van der Waals surface area (Å²) in [6, 6.07) is 10.0. The minimum absolute atomic E-state index is 0.751. The molecule has 138 valence electrons. The molecular weight excluding hydrogens is 378 g/mol. The van der Waals surface area contributed by atoms with Crippen LogP contribution in [0.4, 0.5) is 0 Å². The second-order valence-electron chi connectivity index (χ2n) is 5.82. The first-order valence-electron chi connectivity index (χ1n) is 8.73. The quantitative estimate of drug-likeness (QED) is 0.440. The van der Waals surface area contributed by atoms with Crippen molar-refractivity contribution in [2.75, 3.05) is 7.11 Å². The lowest BCUT2D eigenvalue weighted by molar-refractivity contribution is 0.416. The van der Waals surface area contributed by atoms with Crippen LogP contribution in [0.5, 0.6) is 5.75 Å². The Hall–Kier alpha value is -2.45. The van der Waals surface area contributed by atoms with Gasteiger partial charge in [0.15, 0.2) is 11.0 Å². The molecule has 8 heteroatoms. The third kappa shape index (κ3) is 3.30. The Kier molecular flexibility index (Phi) is 5.09. The number of nitrogens with zero attached hydrogens (tertiary/aromatic N) is 5. The van der Waals surface area contributed by atoms with Crippen LogP contribution in [0.3, 0.4) is 0 Å². The molecule has 4 aromatic rings. The second-order valence-corrected chi connectivity index (χ2v) is 7.89. The van der Waals surface area contributed by atoms with Gasteiger partial charge in [-0.3, -0.25) is 0 Å². The number of benzene rings is 1. The average molecular weight is 398 g/mol. The fourth-order valence-corrected chi connectivity index (χ4v) is 4.85. The maximum atomic E-state index is 5.49. The van der Waals surface area contributed by atoms with Crippen molar-refractivity contribution in [3.05, 3.63) is 41.5 Å². The normalized spacial score (nSPS) is 11.2. The van der Waals surface area contributed by atoms with Crippen LogP contribution in [0.15, 0.2) is 46.8 Å². The number of ether oxygens (including phenoxy) is 1. The van der Waals surface area contributed by atoms with E-state index in [1.54, 1.807) is 24.8 Å². The van der Waals surface area contributed by atoms with E-state index in [1.165, 1.54) is 16.6 Å². The molecule has 0 atom stereocenters. The highest BCUT2D eigenvalue weighted by Crippen LogP contribution is 2.36. The Balaban J connectivity index is 1.76. The fraction of sp³-hybridized carbons (Fsp3) is 0.263. The van der Waals surface area contributed by atoms with E-state index in [0.29, 0.717) is 0 Å². The van der Waals surface area contributed by atoms with E-state index in [4.69, 9.17) is 4.74 Å². The predicted molar refractivity (Wildman–Crippen MR) is 109 cm³/mol. The van der Waals surface area contributed by atoms with Gasteiger partial charge in [-0.25, -0.2) is 9.97 Å². The number of hydrogen-bond acceptors (Lipinski definition) is 7. The molecule has 0 N–H and O–H groups in total. The van der Waals surface area contributed by atoms with Crippen LogP contribution < -0.4 is 4.74 Å². The van der Waals surface area contributed by atoms with E-state index in [2.05, 4.69) is 44.6 Å². The predicted octanol–water partition coefficient (Wildman–Crippen LogP) is 4.69. The standard InChI is InChI=1S/C19H19N5OS2/c1-4-12-10-14-17(26-12)20-11-21-18(14)27-19-23-22-16(24(19)5-2)13-8-6-7-9-15(13)25-3/h6-11H,4-5H2,1-3H3. The van der Waals surface area contributed by atoms with Crippen LogP contribution in [0.2, 0.25) is 0 Å². The molecule has 0 saturated carbocycles. The Morgan fingerprint density at radius 2 is 2.00 bits per heavy atom. The highest BCUT2D eigenvalue weighted by Gasteiger charge is 2.18. The molecule has 6 nitrogen and oxygen atoms in total. The Morgan fingerprint density at radius 3 is 2.78 bits per heavy atom. The Labute approximate surface area is 165 Å². The van der Waals surface area contributed by atoms with Gasteiger partial charge in [0.1, 0.15) is 21.9 Å². The summed E-state index contributed by atoms with van der Waals surface area (Å²) < 4.78 is 7.58. The van der Waals surface area contributed by atoms with E-state index in [9.17, 15) is 0 Å². The molecular formula is C19H19N5OS2. The second kappa shape index (κ2) is 7.66. The molecule has 0 radical (unpaired) electrons. The van der Waals surface area contributed by atoms with Gasteiger partial charge in [0.05, 0.1) is 12.7 Å². The van der Waals surface area contributed by atoms with Crippen molar-refractivity contribution in [3.8, 4) is 17.1 Å². The highest BCUT2D eigenvalue weighted by atomic mass is 32.2. The smallest absolute Gasteiger partial charge is 0.197 e. The molecule has 0 unspecified atom stereocenters. The number of methoxy groups -OCH3 is 1. The average Bonchev–Trinajstić information content (AvgIpc) is 3.32. The first kappa shape index (κ1) is 17.9. The summed E-state index contributed by atoms with van der Waals surface area (Å²) in [4.78, 5) is 11.2. The minimum atomic E-state index is 0.751. The SMILES string of the molecule is CCc1cc2c(Sc3nnc(-c4ccccc4OC)n3CC)ncnc2s1. The summed E-state index contributed by atoms with van der Waals surface area (Å²) in [5.41, 5.74) is 0.929. The van der Waals surface area contributed by atoms with Gasteiger partial charge >= 0.3 is 0 Å². The molecule has 0 spiro atoms. The van der Waals surface area contributed by atoms with Crippen molar-refractivity contribution in [1.82, 2.24) is 24.7 Å². The molecule has 0 saturated heterocycles. The van der Waals surface area contributed by atoms with Crippen molar-refractivity contribution in [3.63, 3.8) is 0 Å². The number of aryl methyl sites for hydroxylation is 1. The van der Waals surface area contributed by atoms with E-state index in [-0.39, 0.29) is 0 Å². The van der Waals surface area contributed by atoms with Gasteiger partial charge in [-0.15, -0.1) is 21.5 Å². The molecule has 0 aliphatic carbocycles. The molecule has 0 bridgehead atoms.